The summed E-state index contributed by atoms with van der Waals surface area (Å²) in [6, 6.07) is 1.67. The SMILES string of the molecule is COC(=O)CC1CCCCN1C(=O)c1cc(C)nnc1C. The number of amides is 1. The van der Waals surface area contributed by atoms with Gasteiger partial charge in [-0.2, -0.15) is 10.2 Å². The number of ether oxygens (including phenoxy) is 1. The van der Waals surface area contributed by atoms with Gasteiger partial charge < -0.3 is 9.64 Å². The highest BCUT2D eigenvalue weighted by molar-refractivity contribution is 5.95. The number of piperidine rings is 1. The van der Waals surface area contributed by atoms with E-state index in [1.165, 1.54) is 7.11 Å². The Labute approximate surface area is 124 Å². The van der Waals surface area contributed by atoms with E-state index in [2.05, 4.69) is 10.2 Å². The quantitative estimate of drug-likeness (QED) is 0.792. The average Bonchev–Trinajstić information content (AvgIpc) is 2.49. The van der Waals surface area contributed by atoms with Crippen LogP contribution in [-0.4, -0.2) is 46.7 Å². The largest absolute Gasteiger partial charge is 0.469 e. The molecule has 0 saturated carbocycles. The standard InChI is InChI=1S/C15H21N3O3/c1-10-8-13(11(2)17-16-10)15(20)18-7-5-4-6-12(18)9-14(19)21-3/h8,12H,4-7,9H2,1-3H3. The topological polar surface area (TPSA) is 72.4 Å². The number of nitrogens with zero attached hydrogens (tertiary/aromatic N) is 3. The van der Waals surface area contributed by atoms with Crippen molar-refractivity contribution in [3.63, 3.8) is 0 Å². The summed E-state index contributed by atoms with van der Waals surface area (Å²) in [5, 5.41) is 7.96. The normalized spacial score (nSPS) is 18.4. The van der Waals surface area contributed by atoms with Crippen LogP contribution >= 0.6 is 0 Å². The van der Waals surface area contributed by atoms with Crippen LogP contribution in [0, 0.1) is 13.8 Å². The van der Waals surface area contributed by atoms with Crippen molar-refractivity contribution in [2.24, 2.45) is 0 Å². The molecule has 0 aliphatic carbocycles. The van der Waals surface area contributed by atoms with E-state index in [0.29, 0.717) is 23.5 Å². The number of rotatable bonds is 3. The van der Waals surface area contributed by atoms with Crippen LogP contribution in [0.2, 0.25) is 0 Å². The summed E-state index contributed by atoms with van der Waals surface area (Å²) in [4.78, 5) is 26.1. The van der Waals surface area contributed by atoms with Gasteiger partial charge in [0.15, 0.2) is 0 Å². The van der Waals surface area contributed by atoms with Crippen LogP contribution in [0.4, 0.5) is 0 Å². The molecule has 0 aromatic carbocycles. The lowest BCUT2D eigenvalue weighted by molar-refractivity contribution is -0.142. The smallest absolute Gasteiger partial charge is 0.307 e. The van der Waals surface area contributed by atoms with Gasteiger partial charge in [0.1, 0.15) is 0 Å². The number of carbonyl (C=O) groups excluding carboxylic acids is 2. The van der Waals surface area contributed by atoms with Crippen LogP contribution in [0.5, 0.6) is 0 Å². The van der Waals surface area contributed by atoms with E-state index in [1.807, 2.05) is 6.92 Å². The zero-order valence-corrected chi connectivity index (χ0v) is 12.8. The summed E-state index contributed by atoms with van der Waals surface area (Å²) >= 11 is 0. The first-order valence-corrected chi connectivity index (χ1v) is 7.21. The minimum Gasteiger partial charge on any atom is -0.469 e. The number of carbonyl (C=O) groups is 2. The fourth-order valence-electron chi connectivity index (χ4n) is 2.68. The van der Waals surface area contributed by atoms with Crippen LogP contribution < -0.4 is 0 Å². The Hall–Kier alpha value is -1.98. The number of hydrogen-bond acceptors (Lipinski definition) is 5. The molecule has 2 heterocycles. The molecule has 1 aliphatic rings. The third-order valence-corrected chi connectivity index (χ3v) is 3.85. The summed E-state index contributed by atoms with van der Waals surface area (Å²) in [7, 11) is 1.37. The summed E-state index contributed by atoms with van der Waals surface area (Å²) in [5.41, 5.74) is 1.90. The molecule has 0 N–H and O–H groups in total. The monoisotopic (exact) mass is 291 g/mol. The Morgan fingerprint density at radius 2 is 2.10 bits per heavy atom. The van der Waals surface area contributed by atoms with Crippen molar-refractivity contribution in [3.8, 4) is 0 Å². The van der Waals surface area contributed by atoms with Crippen molar-refractivity contribution >= 4 is 11.9 Å². The van der Waals surface area contributed by atoms with Crippen LogP contribution in [0.15, 0.2) is 6.07 Å². The molecule has 1 aliphatic heterocycles. The fourth-order valence-corrected chi connectivity index (χ4v) is 2.68. The second kappa shape index (κ2) is 6.65. The average molecular weight is 291 g/mol. The molecule has 0 spiro atoms. The second-order valence-corrected chi connectivity index (χ2v) is 5.41. The van der Waals surface area contributed by atoms with Crippen molar-refractivity contribution in [1.29, 1.82) is 0 Å². The number of hydrogen-bond donors (Lipinski definition) is 0. The van der Waals surface area contributed by atoms with Crippen LogP contribution in [0.3, 0.4) is 0 Å². The Kier molecular flexibility index (Phi) is 4.88. The first kappa shape index (κ1) is 15.4. The predicted octanol–water partition coefficient (Wildman–Crippen LogP) is 1.65. The van der Waals surface area contributed by atoms with Gasteiger partial charge in [-0.05, 0) is 39.2 Å². The molecular weight excluding hydrogens is 270 g/mol. The molecule has 1 atom stereocenters. The molecule has 6 nitrogen and oxygen atoms in total. The molecule has 1 amide bonds. The summed E-state index contributed by atoms with van der Waals surface area (Å²) in [5.74, 6) is -0.348. The molecule has 1 aromatic rings. The number of likely N-dealkylation sites (tertiary alicyclic amines) is 1. The maximum atomic E-state index is 12.8. The van der Waals surface area contributed by atoms with Crippen LogP contribution in [0.25, 0.3) is 0 Å². The fraction of sp³-hybridized carbons (Fsp3) is 0.600. The summed E-state index contributed by atoms with van der Waals surface area (Å²) < 4.78 is 4.73. The van der Waals surface area contributed by atoms with E-state index in [1.54, 1.807) is 17.9 Å². The maximum Gasteiger partial charge on any atom is 0.307 e. The van der Waals surface area contributed by atoms with Crippen LogP contribution in [0.1, 0.15) is 47.4 Å². The van der Waals surface area contributed by atoms with E-state index in [-0.39, 0.29) is 24.3 Å². The highest BCUT2D eigenvalue weighted by Gasteiger charge is 2.30. The second-order valence-electron chi connectivity index (χ2n) is 5.41. The zero-order chi connectivity index (χ0) is 15.4. The van der Waals surface area contributed by atoms with Gasteiger partial charge in [0.25, 0.3) is 5.91 Å². The van der Waals surface area contributed by atoms with Crippen molar-refractivity contribution in [3.05, 3.63) is 23.0 Å². The Balaban J connectivity index is 2.22. The number of aryl methyl sites for hydroxylation is 2. The lowest BCUT2D eigenvalue weighted by Crippen LogP contribution is -2.45. The molecule has 114 valence electrons. The third-order valence-electron chi connectivity index (χ3n) is 3.85. The van der Waals surface area contributed by atoms with E-state index < -0.39 is 0 Å². The highest BCUT2D eigenvalue weighted by atomic mass is 16.5. The first-order chi connectivity index (χ1) is 10.0. The van der Waals surface area contributed by atoms with E-state index in [9.17, 15) is 9.59 Å². The van der Waals surface area contributed by atoms with E-state index in [4.69, 9.17) is 4.74 Å². The summed E-state index contributed by atoms with van der Waals surface area (Å²) in [6.07, 6.45) is 3.06. The Morgan fingerprint density at radius 3 is 2.81 bits per heavy atom. The summed E-state index contributed by atoms with van der Waals surface area (Å²) in [6.45, 7) is 4.26. The molecule has 1 fully saturated rings. The minimum absolute atomic E-state index is 0.0703. The molecule has 0 bridgehead atoms. The van der Waals surface area contributed by atoms with Gasteiger partial charge in [0.2, 0.25) is 0 Å². The van der Waals surface area contributed by atoms with Gasteiger partial charge in [-0.15, -0.1) is 0 Å². The third kappa shape index (κ3) is 3.56. The molecule has 21 heavy (non-hydrogen) atoms. The molecule has 1 unspecified atom stereocenters. The van der Waals surface area contributed by atoms with Crippen molar-refractivity contribution in [2.75, 3.05) is 13.7 Å². The molecule has 2 rings (SSSR count). The van der Waals surface area contributed by atoms with Crippen LogP contribution in [-0.2, 0) is 9.53 Å². The molecule has 6 heteroatoms. The Morgan fingerprint density at radius 1 is 1.33 bits per heavy atom. The molecule has 1 aromatic heterocycles. The maximum absolute atomic E-state index is 12.8. The molecule has 1 saturated heterocycles. The lowest BCUT2D eigenvalue weighted by atomic mass is 9.98. The predicted molar refractivity (Wildman–Crippen MR) is 76.8 cm³/mol. The van der Waals surface area contributed by atoms with E-state index in [0.717, 1.165) is 19.3 Å². The minimum atomic E-state index is -0.277. The zero-order valence-electron chi connectivity index (χ0n) is 12.8. The lowest BCUT2D eigenvalue weighted by Gasteiger charge is -2.35. The van der Waals surface area contributed by atoms with Gasteiger partial charge in [-0.1, -0.05) is 0 Å². The Bertz CT molecular complexity index is 545. The number of esters is 1. The van der Waals surface area contributed by atoms with Crippen molar-refractivity contribution < 1.29 is 14.3 Å². The number of aromatic nitrogens is 2. The molecular formula is C15H21N3O3. The first-order valence-electron chi connectivity index (χ1n) is 7.21. The van der Waals surface area contributed by atoms with Crippen molar-refractivity contribution in [2.45, 2.75) is 45.6 Å². The molecule has 0 radical (unpaired) electrons. The van der Waals surface area contributed by atoms with Gasteiger partial charge in [0, 0.05) is 12.6 Å². The van der Waals surface area contributed by atoms with Gasteiger partial charge in [0.05, 0.1) is 30.5 Å². The van der Waals surface area contributed by atoms with Gasteiger partial charge in [-0.3, -0.25) is 9.59 Å². The van der Waals surface area contributed by atoms with Gasteiger partial charge >= 0.3 is 5.97 Å². The van der Waals surface area contributed by atoms with Crippen molar-refractivity contribution in [1.82, 2.24) is 15.1 Å². The highest BCUT2D eigenvalue weighted by Crippen LogP contribution is 2.23. The number of methoxy groups -OCH3 is 1. The van der Waals surface area contributed by atoms with E-state index >= 15 is 0 Å². The van der Waals surface area contributed by atoms with Gasteiger partial charge in [-0.25, -0.2) is 0 Å².